The summed E-state index contributed by atoms with van der Waals surface area (Å²) in [5, 5.41) is 3.33. The normalized spacial score (nSPS) is 11.8. The number of aliphatic imine (C=N–C) groups is 1. The van der Waals surface area contributed by atoms with Crippen molar-refractivity contribution in [2.45, 2.75) is 6.54 Å². The molecule has 0 saturated heterocycles. The number of rotatable bonds is 6. The van der Waals surface area contributed by atoms with Crippen LogP contribution in [-0.4, -0.2) is 52.7 Å². The van der Waals surface area contributed by atoms with E-state index >= 15 is 0 Å². The molecule has 0 aliphatic heterocycles. The van der Waals surface area contributed by atoms with Gasteiger partial charge in [0, 0.05) is 44.3 Å². The Kier molecular flexibility index (Phi) is 9.97. The van der Waals surface area contributed by atoms with Gasteiger partial charge in [-0.15, -0.1) is 24.0 Å². The van der Waals surface area contributed by atoms with E-state index in [1.54, 1.807) is 31.1 Å². The van der Waals surface area contributed by atoms with Gasteiger partial charge in [-0.05, 0) is 12.1 Å². The number of sulfonamides is 1. The fraction of sp³-hybridized carbons (Fsp3) is 0.462. The summed E-state index contributed by atoms with van der Waals surface area (Å²) in [6.07, 6.45) is 1.09. The Bertz CT molecular complexity index is 623. The Hall–Kier alpha value is -0.650. The highest BCUT2D eigenvalue weighted by molar-refractivity contribution is 14.0. The van der Waals surface area contributed by atoms with Crippen molar-refractivity contribution in [3.63, 3.8) is 0 Å². The molecular formula is C13H21ClFIN4O2S. The van der Waals surface area contributed by atoms with Gasteiger partial charge in [0.1, 0.15) is 5.82 Å². The van der Waals surface area contributed by atoms with Gasteiger partial charge in [0.25, 0.3) is 0 Å². The number of guanidine groups is 1. The third kappa shape index (κ3) is 8.13. The molecule has 0 aliphatic carbocycles. The lowest BCUT2D eigenvalue weighted by atomic mass is 10.2. The molecular weight excluding hydrogens is 458 g/mol. The second-order valence-corrected chi connectivity index (χ2v) is 6.94. The largest absolute Gasteiger partial charge is 0.355 e. The minimum absolute atomic E-state index is 0. The van der Waals surface area contributed by atoms with Crippen molar-refractivity contribution < 1.29 is 12.8 Å². The lowest BCUT2D eigenvalue weighted by Crippen LogP contribution is -2.42. The van der Waals surface area contributed by atoms with Gasteiger partial charge < -0.3 is 10.2 Å². The molecule has 1 aromatic carbocycles. The van der Waals surface area contributed by atoms with Crippen LogP contribution in [0.3, 0.4) is 0 Å². The van der Waals surface area contributed by atoms with E-state index in [4.69, 9.17) is 11.6 Å². The average molecular weight is 479 g/mol. The lowest BCUT2D eigenvalue weighted by molar-refractivity contribution is 0.461. The van der Waals surface area contributed by atoms with Crippen LogP contribution in [0.25, 0.3) is 0 Å². The zero-order valence-corrected chi connectivity index (χ0v) is 17.0. The van der Waals surface area contributed by atoms with Gasteiger partial charge >= 0.3 is 0 Å². The Morgan fingerprint density at radius 2 is 2.04 bits per heavy atom. The van der Waals surface area contributed by atoms with Crippen LogP contribution in [0.2, 0.25) is 5.02 Å². The van der Waals surface area contributed by atoms with E-state index in [2.05, 4.69) is 15.0 Å². The summed E-state index contributed by atoms with van der Waals surface area (Å²) in [7, 11) is 0.108. The highest BCUT2D eigenvalue weighted by Gasteiger charge is 2.12. The van der Waals surface area contributed by atoms with Crippen LogP contribution in [0, 0.1) is 5.82 Å². The molecule has 0 aromatic heterocycles. The predicted octanol–water partition coefficient (Wildman–Crippen LogP) is 1.65. The van der Waals surface area contributed by atoms with Gasteiger partial charge in [-0.2, -0.15) is 0 Å². The van der Waals surface area contributed by atoms with Gasteiger partial charge in [-0.25, -0.2) is 17.5 Å². The van der Waals surface area contributed by atoms with E-state index < -0.39 is 10.0 Å². The fourth-order valence-corrected chi connectivity index (χ4v) is 2.49. The maximum absolute atomic E-state index is 13.8. The zero-order valence-electron chi connectivity index (χ0n) is 13.1. The first-order chi connectivity index (χ1) is 10.2. The van der Waals surface area contributed by atoms with Gasteiger partial charge in [0.05, 0.1) is 6.26 Å². The molecule has 0 radical (unpaired) electrons. The van der Waals surface area contributed by atoms with Gasteiger partial charge in [0.15, 0.2) is 5.96 Å². The molecule has 0 aliphatic rings. The van der Waals surface area contributed by atoms with Crippen molar-refractivity contribution in [1.82, 2.24) is 14.9 Å². The third-order valence-corrected chi connectivity index (χ3v) is 3.89. The SMILES string of the molecule is CN=C(NCCNS(C)(=O)=O)N(C)Cc1c(F)cccc1Cl.I. The first-order valence-corrected chi connectivity index (χ1v) is 8.81. The summed E-state index contributed by atoms with van der Waals surface area (Å²) in [6.45, 7) is 0.825. The van der Waals surface area contributed by atoms with Crippen molar-refractivity contribution in [3.05, 3.63) is 34.6 Å². The Balaban J connectivity index is 0.00000484. The summed E-state index contributed by atoms with van der Waals surface area (Å²) in [5.41, 5.74) is 0.379. The molecule has 132 valence electrons. The van der Waals surface area contributed by atoms with E-state index in [0.717, 1.165) is 6.26 Å². The first-order valence-electron chi connectivity index (χ1n) is 6.54. The summed E-state index contributed by atoms with van der Waals surface area (Å²) in [5.74, 6) is 0.128. The third-order valence-electron chi connectivity index (χ3n) is 2.80. The number of benzene rings is 1. The second-order valence-electron chi connectivity index (χ2n) is 4.70. The highest BCUT2D eigenvalue weighted by atomic mass is 127. The molecule has 0 unspecified atom stereocenters. The van der Waals surface area contributed by atoms with Crippen LogP contribution in [0.4, 0.5) is 4.39 Å². The minimum Gasteiger partial charge on any atom is -0.355 e. The summed E-state index contributed by atoms with van der Waals surface area (Å²) in [6, 6.07) is 4.52. The van der Waals surface area contributed by atoms with Crippen LogP contribution in [0.15, 0.2) is 23.2 Å². The maximum atomic E-state index is 13.8. The van der Waals surface area contributed by atoms with Gasteiger partial charge in [-0.1, -0.05) is 17.7 Å². The van der Waals surface area contributed by atoms with E-state index in [1.165, 1.54) is 6.07 Å². The number of hydrogen-bond donors (Lipinski definition) is 2. The highest BCUT2D eigenvalue weighted by Crippen LogP contribution is 2.20. The number of nitrogens with zero attached hydrogens (tertiary/aromatic N) is 2. The molecule has 0 saturated carbocycles. The molecule has 23 heavy (non-hydrogen) atoms. The van der Waals surface area contributed by atoms with Crippen molar-refractivity contribution in [3.8, 4) is 0 Å². The predicted molar refractivity (Wildman–Crippen MR) is 103 cm³/mol. The second kappa shape index (κ2) is 10.3. The molecule has 0 spiro atoms. The van der Waals surface area contributed by atoms with Gasteiger partial charge in [-0.3, -0.25) is 4.99 Å². The number of halogens is 3. The Labute approximate surface area is 158 Å². The molecule has 0 amide bonds. The van der Waals surface area contributed by atoms with E-state index in [0.29, 0.717) is 23.1 Å². The van der Waals surface area contributed by atoms with Crippen LogP contribution >= 0.6 is 35.6 Å². The molecule has 6 nitrogen and oxygen atoms in total. The summed E-state index contributed by atoms with van der Waals surface area (Å²) in [4.78, 5) is 5.77. The fourth-order valence-electron chi connectivity index (χ4n) is 1.79. The van der Waals surface area contributed by atoms with Crippen LogP contribution in [0.1, 0.15) is 5.56 Å². The number of hydrogen-bond acceptors (Lipinski definition) is 3. The van der Waals surface area contributed by atoms with Crippen LogP contribution < -0.4 is 10.0 Å². The molecule has 0 bridgehead atoms. The molecule has 0 heterocycles. The van der Waals surface area contributed by atoms with Crippen molar-refractivity contribution in [2.75, 3.05) is 33.4 Å². The lowest BCUT2D eigenvalue weighted by Gasteiger charge is -2.23. The summed E-state index contributed by atoms with van der Waals surface area (Å²) >= 11 is 5.99. The smallest absolute Gasteiger partial charge is 0.208 e. The molecule has 10 heteroatoms. The van der Waals surface area contributed by atoms with Crippen molar-refractivity contribution >= 4 is 51.6 Å². The van der Waals surface area contributed by atoms with Crippen molar-refractivity contribution in [1.29, 1.82) is 0 Å². The quantitative estimate of drug-likeness (QED) is 0.282. The minimum atomic E-state index is -3.22. The van der Waals surface area contributed by atoms with E-state index in [-0.39, 0.29) is 42.9 Å². The zero-order chi connectivity index (χ0) is 16.8. The standard InChI is InChI=1S/C13H20ClFN4O2S.HI/c1-16-13(17-7-8-18-22(3,20)21)19(2)9-10-11(14)5-4-6-12(10)15;/h4-6,18H,7-9H2,1-3H3,(H,16,17);1H. The molecule has 0 fully saturated rings. The molecule has 1 aromatic rings. The Morgan fingerprint density at radius 1 is 1.39 bits per heavy atom. The molecule has 1 rings (SSSR count). The number of nitrogens with one attached hydrogen (secondary N) is 2. The maximum Gasteiger partial charge on any atom is 0.208 e. The van der Waals surface area contributed by atoms with E-state index in [1.807, 2.05) is 0 Å². The molecule has 0 atom stereocenters. The Morgan fingerprint density at radius 3 is 2.57 bits per heavy atom. The molecule has 2 N–H and O–H groups in total. The summed E-state index contributed by atoms with van der Waals surface area (Å²) < 4.78 is 38.1. The van der Waals surface area contributed by atoms with Crippen LogP contribution in [0.5, 0.6) is 0 Å². The van der Waals surface area contributed by atoms with Gasteiger partial charge in [0.2, 0.25) is 10.0 Å². The first kappa shape index (κ1) is 22.4. The van der Waals surface area contributed by atoms with Crippen LogP contribution in [-0.2, 0) is 16.6 Å². The monoisotopic (exact) mass is 478 g/mol. The topological polar surface area (TPSA) is 73.8 Å². The average Bonchev–Trinajstić information content (AvgIpc) is 2.41. The van der Waals surface area contributed by atoms with Crippen molar-refractivity contribution in [2.24, 2.45) is 4.99 Å². The van der Waals surface area contributed by atoms with E-state index in [9.17, 15) is 12.8 Å².